The van der Waals surface area contributed by atoms with E-state index in [0.29, 0.717) is 16.9 Å². The largest absolute Gasteiger partial charge is 0.381 e. The first-order chi connectivity index (χ1) is 15.3. The standard InChI is InChI=1S/C28H46N2O2/c1-25-11-8-21(31-5)18-20(25)6-7-22-23(25)9-12-26(2)24(22)10-13-27(26)19-30(4)28(32-27)14-16-29(3)17-15-28/h6,21-24H,7-19H2,1-5H3/p+2/t21-,22-,23+,24-,25+,26+,27+/m1/s1. The smallest absolute Gasteiger partial charge is 0.213 e. The molecule has 0 aromatic carbocycles. The zero-order valence-electron chi connectivity index (χ0n) is 21.4. The van der Waals surface area contributed by atoms with Gasteiger partial charge < -0.3 is 19.3 Å². The number of likely N-dealkylation sites (tertiary alicyclic amines) is 1. The Balaban J connectivity index is 1.28. The van der Waals surface area contributed by atoms with E-state index in [1.807, 2.05) is 7.11 Å². The van der Waals surface area contributed by atoms with Crippen molar-refractivity contribution >= 4 is 0 Å². The molecule has 0 radical (unpaired) electrons. The van der Waals surface area contributed by atoms with Crippen molar-refractivity contribution in [3.63, 3.8) is 0 Å². The Labute approximate surface area is 196 Å². The number of hydrogen-bond donors (Lipinski definition) is 2. The second kappa shape index (κ2) is 7.29. The Kier molecular flexibility index (Phi) is 5.03. The van der Waals surface area contributed by atoms with Crippen LogP contribution in [0.25, 0.3) is 0 Å². The number of likely N-dealkylation sites (N-methyl/N-ethyl adjacent to an activating group) is 1. The number of quaternary nitrogens is 2. The molecule has 180 valence electrons. The monoisotopic (exact) mass is 444 g/mol. The molecule has 5 fully saturated rings. The average molecular weight is 445 g/mol. The number of fused-ring (bicyclic) bond motifs is 6. The maximum absolute atomic E-state index is 7.43. The topological polar surface area (TPSA) is 27.3 Å². The summed E-state index contributed by atoms with van der Waals surface area (Å²) < 4.78 is 13.2. The number of methoxy groups -OCH3 is 1. The molecule has 2 N–H and O–H groups in total. The summed E-state index contributed by atoms with van der Waals surface area (Å²) in [6, 6.07) is 0. The third-order valence-electron chi connectivity index (χ3n) is 12.3. The van der Waals surface area contributed by atoms with Crippen LogP contribution in [0, 0.1) is 28.6 Å². The van der Waals surface area contributed by atoms with Gasteiger partial charge in [0.2, 0.25) is 5.72 Å². The molecule has 32 heavy (non-hydrogen) atoms. The lowest BCUT2D eigenvalue weighted by Gasteiger charge is -2.59. The SMILES string of the molecule is CO[C@@H]1CC[C@@]2(C)C(=CC[C@H]3[C@H]4CC[C@]5(C[NH+](C)C6(CC[NH+](C)CC6)O5)[C@@]4(C)CC[C@@H]32)C1. The molecule has 2 heterocycles. The minimum absolute atomic E-state index is 0.0956. The summed E-state index contributed by atoms with van der Waals surface area (Å²) in [5.41, 5.74) is 2.74. The minimum Gasteiger partial charge on any atom is -0.381 e. The molecular weight excluding hydrogens is 396 g/mol. The van der Waals surface area contributed by atoms with E-state index >= 15 is 0 Å². The van der Waals surface area contributed by atoms with Crippen molar-refractivity contribution in [2.24, 2.45) is 28.6 Å². The average Bonchev–Trinajstić information content (AvgIpc) is 3.22. The van der Waals surface area contributed by atoms with Gasteiger partial charge in [0.15, 0.2) is 0 Å². The second-order valence-electron chi connectivity index (χ2n) is 13.4. The van der Waals surface area contributed by atoms with Crippen LogP contribution >= 0.6 is 0 Å². The summed E-state index contributed by atoms with van der Waals surface area (Å²) in [5, 5.41) is 0. The number of hydrogen-bond acceptors (Lipinski definition) is 2. The first-order valence-corrected chi connectivity index (χ1v) is 13.8. The van der Waals surface area contributed by atoms with Crippen LogP contribution in [0.15, 0.2) is 11.6 Å². The molecule has 6 rings (SSSR count). The van der Waals surface area contributed by atoms with Crippen molar-refractivity contribution in [1.29, 1.82) is 0 Å². The quantitative estimate of drug-likeness (QED) is 0.607. The van der Waals surface area contributed by atoms with Crippen molar-refractivity contribution in [2.45, 2.75) is 95.5 Å². The van der Waals surface area contributed by atoms with Crippen molar-refractivity contribution in [1.82, 2.24) is 0 Å². The molecule has 0 aromatic rings. The lowest BCUT2D eigenvalue weighted by Crippen LogP contribution is -3.20. The summed E-state index contributed by atoms with van der Waals surface area (Å²) in [6.45, 7) is 9.06. The highest BCUT2D eigenvalue weighted by molar-refractivity contribution is 5.26. The summed E-state index contributed by atoms with van der Waals surface area (Å²) in [4.78, 5) is 3.37. The van der Waals surface area contributed by atoms with Gasteiger partial charge in [-0.3, -0.25) is 0 Å². The first kappa shape index (κ1) is 22.1. The predicted octanol–water partition coefficient (Wildman–Crippen LogP) is 2.25. The van der Waals surface area contributed by atoms with Gasteiger partial charge in [0.25, 0.3) is 0 Å². The van der Waals surface area contributed by atoms with Gasteiger partial charge in [-0.25, -0.2) is 0 Å². The number of piperidine rings is 1. The third kappa shape index (κ3) is 2.82. The van der Waals surface area contributed by atoms with E-state index in [-0.39, 0.29) is 11.3 Å². The lowest BCUT2D eigenvalue weighted by atomic mass is 9.47. The first-order valence-electron chi connectivity index (χ1n) is 13.8. The van der Waals surface area contributed by atoms with Gasteiger partial charge >= 0.3 is 0 Å². The summed E-state index contributed by atoms with van der Waals surface area (Å²) in [6.07, 6.45) is 16.2. The minimum atomic E-state index is 0.0956. The van der Waals surface area contributed by atoms with Crippen LogP contribution < -0.4 is 9.80 Å². The van der Waals surface area contributed by atoms with Crippen molar-refractivity contribution in [2.75, 3.05) is 40.8 Å². The highest BCUT2D eigenvalue weighted by Gasteiger charge is 2.71. The van der Waals surface area contributed by atoms with Crippen molar-refractivity contribution in [3.8, 4) is 0 Å². The highest BCUT2D eigenvalue weighted by atomic mass is 16.6. The van der Waals surface area contributed by atoms with E-state index < -0.39 is 0 Å². The summed E-state index contributed by atoms with van der Waals surface area (Å²) in [7, 11) is 6.71. The molecule has 0 aromatic heterocycles. The van der Waals surface area contributed by atoms with Crippen LogP contribution in [0.2, 0.25) is 0 Å². The van der Waals surface area contributed by atoms with Gasteiger partial charge in [-0.15, -0.1) is 0 Å². The molecule has 6 aliphatic rings. The molecule has 0 amide bonds. The van der Waals surface area contributed by atoms with Crippen LogP contribution in [0.3, 0.4) is 0 Å². The third-order valence-corrected chi connectivity index (χ3v) is 12.3. The fraction of sp³-hybridized carbons (Fsp3) is 0.929. The molecule has 4 aliphatic carbocycles. The number of allylic oxidation sites excluding steroid dienone is 1. The normalized spacial score (nSPS) is 57.2. The van der Waals surface area contributed by atoms with Crippen LogP contribution in [-0.4, -0.2) is 58.3 Å². The van der Waals surface area contributed by atoms with Crippen molar-refractivity contribution in [3.05, 3.63) is 11.6 Å². The molecule has 2 spiro atoms. The molecule has 2 saturated heterocycles. The number of nitrogens with one attached hydrogen (secondary N) is 2. The number of ether oxygens (including phenoxy) is 2. The molecular formula is C28H48N2O2+2. The Morgan fingerprint density at radius 1 is 0.969 bits per heavy atom. The van der Waals surface area contributed by atoms with Gasteiger partial charge in [0.1, 0.15) is 12.1 Å². The van der Waals surface area contributed by atoms with Gasteiger partial charge in [-0.05, 0) is 74.5 Å². The van der Waals surface area contributed by atoms with Gasteiger partial charge in [-0.2, -0.15) is 0 Å². The van der Waals surface area contributed by atoms with E-state index in [4.69, 9.17) is 9.47 Å². The van der Waals surface area contributed by atoms with Crippen LogP contribution in [0.5, 0.6) is 0 Å². The molecule has 3 saturated carbocycles. The van der Waals surface area contributed by atoms with Gasteiger partial charge in [0.05, 0.1) is 46.1 Å². The Hall–Kier alpha value is -0.420. The zero-order chi connectivity index (χ0) is 22.4. The van der Waals surface area contributed by atoms with Gasteiger partial charge in [-0.1, -0.05) is 25.5 Å². The van der Waals surface area contributed by atoms with Crippen molar-refractivity contribution < 1.29 is 19.3 Å². The zero-order valence-corrected chi connectivity index (χ0v) is 21.4. The van der Waals surface area contributed by atoms with Crippen LogP contribution in [-0.2, 0) is 9.47 Å². The maximum atomic E-state index is 7.43. The molecule has 0 bridgehead atoms. The van der Waals surface area contributed by atoms with E-state index in [2.05, 4.69) is 34.0 Å². The predicted molar refractivity (Wildman–Crippen MR) is 127 cm³/mol. The van der Waals surface area contributed by atoms with Crippen LogP contribution in [0.1, 0.15) is 78.1 Å². The fourth-order valence-electron chi connectivity index (χ4n) is 10.1. The van der Waals surface area contributed by atoms with E-state index in [9.17, 15) is 0 Å². The Morgan fingerprint density at radius 3 is 2.47 bits per heavy atom. The highest BCUT2D eigenvalue weighted by Crippen LogP contribution is 2.68. The summed E-state index contributed by atoms with van der Waals surface area (Å²) in [5.74, 6) is 2.58. The second-order valence-corrected chi connectivity index (χ2v) is 13.4. The lowest BCUT2D eigenvalue weighted by molar-refractivity contribution is -0.966. The fourth-order valence-corrected chi connectivity index (χ4v) is 10.1. The molecule has 4 nitrogen and oxygen atoms in total. The van der Waals surface area contributed by atoms with E-state index in [1.165, 1.54) is 83.8 Å². The molecule has 8 atom stereocenters. The maximum Gasteiger partial charge on any atom is 0.213 e. The van der Waals surface area contributed by atoms with E-state index in [0.717, 1.165) is 17.8 Å². The number of rotatable bonds is 1. The molecule has 4 heteroatoms. The van der Waals surface area contributed by atoms with E-state index in [1.54, 1.807) is 15.4 Å². The van der Waals surface area contributed by atoms with Gasteiger partial charge in [0, 0.05) is 12.5 Å². The Morgan fingerprint density at radius 2 is 1.72 bits per heavy atom. The Bertz CT molecular complexity index is 788. The van der Waals surface area contributed by atoms with Crippen LogP contribution in [0.4, 0.5) is 0 Å². The summed E-state index contributed by atoms with van der Waals surface area (Å²) >= 11 is 0. The molecule has 1 unspecified atom stereocenters. The molecule has 2 aliphatic heterocycles.